The molecule has 9 heteroatoms. The minimum atomic E-state index is -0.912. The van der Waals surface area contributed by atoms with Gasteiger partial charge < -0.3 is 14.6 Å². The van der Waals surface area contributed by atoms with Crippen molar-refractivity contribution in [3.05, 3.63) is 87.9 Å². The Morgan fingerprint density at radius 2 is 2.00 bits per heavy atom. The molecule has 186 valence electrons. The normalized spacial score (nSPS) is 20.4. The van der Waals surface area contributed by atoms with Gasteiger partial charge in [0.25, 0.3) is 5.78 Å². The van der Waals surface area contributed by atoms with Crippen molar-refractivity contribution in [1.82, 2.24) is 4.98 Å². The number of amides is 1. The van der Waals surface area contributed by atoms with Crippen LogP contribution in [0.15, 0.2) is 66.2 Å². The third-order valence-corrected chi connectivity index (χ3v) is 7.82. The molecule has 1 amide bonds. The molecule has 37 heavy (non-hydrogen) atoms. The van der Waals surface area contributed by atoms with Crippen LogP contribution in [0, 0.1) is 0 Å². The van der Waals surface area contributed by atoms with E-state index in [0.717, 1.165) is 16.0 Å². The molecule has 2 atom stereocenters. The Bertz CT molecular complexity index is 1630. The lowest BCUT2D eigenvalue weighted by atomic mass is 9.94. The minimum absolute atomic E-state index is 0.0176. The van der Waals surface area contributed by atoms with Gasteiger partial charge >= 0.3 is 5.91 Å². The summed E-state index contributed by atoms with van der Waals surface area (Å²) in [6, 6.07) is 16.7. The summed E-state index contributed by atoms with van der Waals surface area (Å²) in [5.74, 6) is -0.400. The quantitative estimate of drug-likeness (QED) is 0.200. The number of nitrogens with zero attached hydrogens (tertiary/aromatic N) is 2. The highest BCUT2D eigenvalue weighted by Crippen LogP contribution is 2.45. The molecule has 2 aliphatic heterocycles. The third kappa shape index (κ3) is 3.93. The fraction of sp³-hybridized carbons (Fsp3) is 0.179. The molecule has 0 unspecified atom stereocenters. The van der Waals surface area contributed by atoms with Gasteiger partial charge in [0.05, 0.1) is 28.9 Å². The number of ether oxygens (including phenoxy) is 2. The number of halogens is 1. The number of hydrogen-bond donors (Lipinski definition) is 1. The number of thiazole rings is 1. The molecule has 7 nitrogen and oxygen atoms in total. The number of ketones is 1. The Balaban J connectivity index is 1.53. The van der Waals surface area contributed by atoms with Gasteiger partial charge in [-0.2, -0.15) is 0 Å². The SMILES string of the molecule is COc1ccc2nc(N3C(=O)C(=O)C(=C(O)c4ccc5c(c4)C[C@H](C)O5)[C@H]3c3cccc(Cl)c3)sc2c1. The smallest absolute Gasteiger partial charge is 0.301 e. The summed E-state index contributed by atoms with van der Waals surface area (Å²) in [5, 5.41) is 12.2. The lowest BCUT2D eigenvalue weighted by Crippen LogP contribution is -2.29. The van der Waals surface area contributed by atoms with Crippen LogP contribution in [0.25, 0.3) is 16.0 Å². The maximum Gasteiger partial charge on any atom is 0.301 e. The van der Waals surface area contributed by atoms with Gasteiger partial charge in [0.2, 0.25) is 0 Å². The summed E-state index contributed by atoms with van der Waals surface area (Å²) < 4.78 is 11.9. The van der Waals surface area contributed by atoms with Crippen LogP contribution >= 0.6 is 22.9 Å². The monoisotopic (exact) mass is 532 g/mol. The molecule has 3 heterocycles. The maximum absolute atomic E-state index is 13.5. The van der Waals surface area contributed by atoms with Crippen LogP contribution in [0.3, 0.4) is 0 Å². The minimum Gasteiger partial charge on any atom is -0.507 e. The van der Waals surface area contributed by atoms with Crippen molar-refractivity contribution in [2.24, 2.45) is 0 Å². The van der Waals surface area contributed by atoms with Crippen molar-refractivity contribution >= 4 is 55.7 Å². The molecule has 1 aromatic heterocycles. The predicted octanol–water partition coefficient (Wildman–Crippen LogP) is 5.91. The first kappa shape index (κ1) is 23.5. The fourth-order valence-corrected chi connectivity index (χ4v) is 6.09. The van der Waals surface area contributed by atoms with Crippen LogP contribution in [0.4, 0.5) is 5.13 Å². The van der Waals surface area contributed by atoms with E-state index < -0.39 is 17.7 Å². The standard InChI is InChI=1S/C28H21ClN2O5S/c1-14-10-17-11-16(6-9-21(17)36-14)25(32)23-24(15-4-3-5-18(29)12-15)31(27(34)26(23)33)28-30-20-8-7-19(35-2)13-22(20)37-28/h3-9,11-14,24,32H,10H2,1-2H3/t14-,24+/m0/s1. The Labute approximate surface area is 221 Å². The Kier molecular flexibility index (Phi) is 5.66. The van der Waals surface area contributed by atoms with E-state index in [9.17, 15) is 14.7 Å². The summed E-state index contributed by atoms with van der Waals surface area (Å²) in [5.41, 5.74) is 2.61. The molecule has 0 spiro atoms. The number of anilines is 1. The first-order valence-corrected chi connectivity index (χ1v) is 12.8. The molecule has 0 radical (unpaired) electrons. The van der Waals surface area contributed by atoms with E-state index in [1.807, 2.05) is 13.0 Å². The number of rotatable bonds is 4. The molecule has 3 aromatic carbocycles. The molecular formula is C28H21ClN2O5S. The van der Waals surface area contributed by atoms with Crippen molar-refractivity contribution in [3.8, 4) is 11.5 Å². The topological polar surface area (TPSA) is 89.0 Å². The predicted molar refractivity (Wildman–Crippen MR) is 143 cm³/mol. The summed E-state index contributed by atoms with van der Waals surface area (Å²) in [6.07, 6.45) is 0.722. The molecule has 1 saturated heterocycles. The van der Waals surface area contributed by atoms with Gasteiger partial charge in [-0.05, 0) is 66.6 Å². The fourth-order valence-electron chi connectivity index (χ4n) is 4.87. The molecule has 6 rings (SSSR count). The molecule has 0 saturated carbocycles. The molecule has 0 bridgehead atoms. The molecule has 1 N–H and O–H groups in total. The zero-order chi connectivity index (χ0) is 25.8. The average Bonchev–Trinajstić information content (AvgIpc) is 3.55. The first-order chi connectivity index (χ1) is 17.8. The van der Waals surface area contributed by atoms with E-state index >= 15 is 0 Å². The Morgan fingerprint density at radius 1 is 1.16 bits per heavy atom. The molecule has 1 fully saturated rings. The number of benzene rings is 3. The van der Waals surface area contributed by atoms with E-state index in [0.29, 0.717) is 39.0 Å². The van der Waals surface area contributed by atoms with E-state index in [1.165, 1.54) is 16.2 Å². The Hall–Kier alpha value is -3.88. The molecule has 4 aromatic rings. The van der Waals surface area contributed by atoms with Crippen molar-refractivity contribution in [2.45, 2.75) is 25.5 Å². The van der Waals surface area contributed by atoms with E-state index in [2.05, 4.69) is 4.98 Å². The van der Waals surface area contributed by atoms with Crippen LogP contribution in [-0.2, 0) is 16.0 Å². The Morgan fingerprint density at radius 3 is 2.78 bits per heavy atom. The molecule has 2 aliphatic rings. The first-order valence-electron chi connectivity index (χ1n) is 11.6. The van der Waals surface area contributed by atoms with Crippen LogP contribution in [0.5, 0.6) is 11.5 Å². The average molecular weight is 533 g/mol. The number of methoxy groups -OCH3 is 1. The van der Waals surface area contributed by atoms with Gasteiger partial charge in [-0.25, -0.2) is 4.98 Å². The van der Waals surface area contributed by atoms with E-state index in [4.69, 9.17) is 21.1 Å². The van der Waals surface area contributed by atoms with Gasteiger partial charge in [-0.1, -0.05) is 35.1 Å². The highest BCUT2D eigenvalue weighted by atomic mass is 35.5. The van der Waals surface area contributed by atoms with Crippen molar-refractivity contribution in [1.29, 1.82) is 0 Å². The number of aromatic nitrogens is 1. The number of fused-ring (bicyclic) bond motifs is 2. The number of carbonyl (C=O) groups excluding carboxylic acids is 2. The van der Waals surface area contributed by atoms with E-state index in [-0.39, 0.29) is 17.4 Å². The van der Waals surface area contributed by atoms with Crippen molar-refractivity contribution in [3.63, 3.8) is 0 Å². The summed E-state index contributed by atoms with van der Waals surface area (Å²) in [7, 11) is 1.58. The largest absolute Gasteiger partial charge is 0.507 e. The second-order valence-corrected chi connectivity index (χ2v) is 10.5. The zero-order valence-corrected chi connectivity index (χ0v) is 21.5. The lowest BCUT2D eigenvalue weighted by molar-refractivity contribution is -0.132. The van der Waals surface area contributed by atoms with E-state index in [1.54, 1.807) is 61.7 Å². The van der Waals surface area contributed by atoms with Crippen LogP contribution in [-0.4, -0.2) is 35.0 Å². The number of carbonyl (C=O) groups is 2. The summed E-state index contributed by atoms with van der Waals surface area (Å²) >= 11 is 7.57. The van der Waals surface area contributed by atoms with Crippen molar-refractivity contribution < 1.29 is 24.2 Å². The third-order valence-electron chi connectivity index (χ3n) is 6.57. The number of hydrogen-bond acceptors (Lipinski definition) is 7. The van der Waals surface area contributed by atoms with Crippen LogP contribution in [0.2, 0.25) is 5.02 Å². The molecular weight excluding hydrogens is 512 g/mol. The highest BCUT2D eigenvalue weighted by molar-refractivity contribution is 7.22. The number of aliphatic hydroxyl groups is 1. The number of aliphatic hydroxyl groups excluding tert-OH is 1. The van der Waals surface area contributed by atoms with Gasteiger partial charge in [-0.3, -0.25) is 14.5 Å². The van der Waals surface area contributed by atoms with Gasteiger partial charge in [0.1, 0.15) is 23.4 Å². The van der Waals surface area contributed by atoms with Crippen LogP contribution in [0.1, 0.15) is 29.7 Å². The van der Waals surface area contributed by atoms with Gasteiger partial charge in [0.15, 0.2) is 5.13 Å². The maximum atomic E-state index is 13.5. The number of Topliss-reactive ketones (excluding diaryl/α,β-unsaturated/α-hetero) is 1. The second-order valence-electron chi connectivity index (χ2n) is 9.01. The summed E-state index contributed by atoms with van der Waals surface area (Å²) in [4.78, 5) is 32.9. The summed E-state index contributed by atoms with van der Waals surface area (Å²) in [6.45, 7) is 1.97. The van der Waals surface area contributed by atoms with Crippen molar-refractivity contribution in [2.75, 3.05) is 12.0 Å². The highest BCUT2D eigenvalue weighted by Gasteiger charge is 2.48. The second kappa shape index (κ2) is 8.90. The molecule has 0 aliphatic carbocycles. The zero-order valence-electron chi connectivity index (χ0n) is 19.9. The van der Waals surface area contributed by atoms with Gasteiger partial charge in [-0.15, -0.1) is 0 Å². The van der Waals surface area contributed by atoms with Gasteiger partial charge in [0, 0.05) is 17.0 Å². The van der Waals surface area contributed by atoms with Crippen LogP contribution < -0.4 is 14.4 Å². The lowest BCUT2D eigenvalue weighted by Gasteiger charge is -2.23.